The van der Waals surface area contributed by atoms with Crippen molar-refractivity contribution < 1.29 is 9.50 Å². The van der Waals surface area contributed by atoms with Crippen LogP contribution in [0.3, 0.4) is 0 Å². The van der Waals surface area contributed by atoms with E-state index >= 15 is 0 Å². The van der Waals surface area contributed by atoms with Gasteiger partial charge in [0.25, 0.3) is 0 Å². The van der Waals surface area contributed by atoms with Crippen LogP contribution in [0.1, 0.15) is 19.4 Å². The van der Waals surface area contributed by atoms with Crippen LogP contribution in [0.15, 0.2) is 18.2 Å². The minimum atomic E-state index is -0.840. The molecule has 0 aliphatic heterocycles. The first-order valence-corrected chi connectivity index (χ1v) is 5.64. The van der Waals surface area contributed by atoms with E-state index in [1.165, 1.54) is 6.07 Å². The fraction of sp³-hybridized carbons (Fsp3) is 0.417. The summed E-state index contributed by atoms with van der Waals surface area (Å²) in [7, 11) is 1.78. The molecule has 0 radical (unpaired) electrons. The molecule has 0 saturated heterocycles. The third-order valence-electron chi connectivity index (χ3n) is 2.28. The van der Waals surface area contributed by atoms with Crippen LogP contribution in [0, 0.1) is 5.82 Å². The number of hydrogen-bond acceptors (Lipinski definition) is 3. The Morgan fingerprint density at radius 2 is 2.12 bits per heavy atom. The standard InChI is InChI=1S/C12H17FN2OS/c1-12(2,16)7-15(3)8-4-5-9(11(14)17)10(13)6-8/h4-6,16H,7H2,1-3H3,(H2,14,17). The minimum Gasteiger partial charge on any atom is -0.389 e. The van der Waals surface area contributed by atoms with E-state index in [9.17, 15) is 9.50 Å². The number of anilines is 1. The van der Waals surface area contributed by atoms with Crippen molar-refractivity contribution in [2.75, 3.05) is 18.5 Å². The largest absolute Gasteiger partial charge is 0.389 e. The molecule has 0 aliphatic carbocycles. The molecule has 17 heavy (non-hydrogen) atoms. The monoisotopic (exact) mass is 256 g/mol. The zero-order valence-electron chi connectivity index (χ0n) is 10.2. The summed E-state index contributed by atoms with van der Waals surface area (Å²) < 4.78 is 13.6. The van der Waals surface area contributed by atoms with Gasteiger partial charge in [-0.1, -0.05) is 12.2 Å². The first-order chi connectivity index (χ1) is 7.70. The van der Waals surface area contributed by atoms with Crippen LogP contribution in [-0.2, 0) is 0 Å². The van der Waals surface area contributed by atoms with E-state index in [-0.39, 0.29) is 10.6 Å². The maximum absolute atomic E-state index is 13.6. The lowest BCUT2D eigenvalue weighted by Crippen LogP contribution is -2.36. The number of nitrogens with zero attached hydrogens (tertiary/aromatic N) is 1. The summed E-state index contributed by atoms with van der Waals surface area (Å²) in [5.74, 6) is -0.447. The number of aliphatic hydroxyl groups is 1. The Morgan fingerprint density at radius 3 is 2.53 bits per heavy atom. The predicted molar refractivity (Wildman–Crippen MR) is 71.9 cm³/mol. The first-order valence-electron chi connectivity index (χ1n) is 5.23. The second-order valence-corrected chi connectivity index (χ2v) is 5.14. The van der Waals surface area contributed by atoms with E-state index in [0.29, 0.717) is 12.2 Å². The van der Waals surface area contributed by atoms with Gasteiger partial charge in [0, 0.05) is 24.8 Å². The molecule has 0 bridgehead atoms. The molecule has 3 N–H and O–H groups in total. The molecule has 0 amide bonds. The van der Waals surface area contributed by atoms with E-state index in [0.717, 1.165) is 0 Å². The van der Waals surface area contributed by atoms with E-state index in [1.807, 2.05) is 0 Å². The SMILES string of the molecule is CN(CC(C)(C)O)c1ccc(C(N)=S)c(F)c1. The summed E-state index contributed by atoms with van der Waals surface area (Å²) in [6.07, 6.45) is 0. The van der Waals surface area contributed by atoms with Gasteiger partial charge in [-0.15, -0.1) is 0 Å². The van der Waals surface area contributed by atoms with Crippen LogP contribution in [0.2, 0.25) is 0 Å². The number of nitrogens with two attached hydrogens (primary N) is 1. The molecular formula is C12H17FN2OS. The normalized spacial score (nSPS) is 11.4. The van der Waals surface area contributed by atoms with Crippen molar-refractivity contribution in [2.24, 2.45) is 5.73 Å². The van der Waals surface area contributed by atoms with Crippen molar-refractivity contribution in [1.29, 1.82) is 0 Å². The van der Waals surface area contributed by atoms with Crippen molar-refractivity contribution in [2.45, 2.75) is 19.4 Å². The Morgan fingerprint density at radius 1 is 1.53 bits per heavy atom. The third kappa shape index (κ3) is 3.94. The highest BCUT2D eigenvalue weighted by Gasteiger charge is 2.17. The lowest BCUT2D eigenvalue weighted by Gasteiger charge is -2.27. The molecule has 0 unspecified atom stereocenters. The zero-order valence-corrected chi connectivity index (χ0v) is 11.0. The summed E-state index contributed by atoms with van der Waals surface area (Å²) in [4.78, 5) is 1.81. The second-order valence-electron chi connectivity index (χ2n) is 4.70. The van der Waals surface area contributed by atoms with Crippen LogP contribution in [0.5, 0.6) is 0 Å². The zero-order chi connectivity index (χ0) is 13.2. The van der Waals surface area contributed by atoms with Crippen molar-refractivity contribution >= 4 is 22.9 Å². The molecule has 5 heteroatoms. The van der Waals surface area contributed by atoms with Crippen molar-refractivity contribution in [3.05, 3.63) is 29.6 Å². The average Bonchev–Trinajstić information content (AvgIpc) is 2.14. The molecule has 94 valence electrons. The Bertz CT molecular complexity index is 429. The quantitative estimate of drug-likeness (QED) is 0.805. The Hall–Kier alpha value is -1.20. The highest BCUT2D eigenvalue weighted by Crippen LogP contribution is 2.19. The minimum absolute atomic E-state index is 0.0409. The Labute approximate surface area is 106 Å². The molecule has 0 saturated carbocycles. The van der Waals surface area contributed by atoms with E-state index in [2.05, 4.69) is 0 Å². The summed E-state index contributed by atoms with van der Waals surface area (Å²) in [6.45, 7) is 3.80. The van der Waals surface area contributed by atoms with Crippen LogP contribution in [0.4, 0.5) is 10.1 Å². The van der Waals surface area contributed by atoms with Crippen molar-refractivity contribution in [3.8, 4) is 0 Å². The highest BCUT2D eigenvalue weighted by molar-refractivity contribution is 7.80. The summed E-state index contributed by atoms with van der Waals surface area (Å²) in [6, 6.07) is 4.64. The summed E-state index contributed by atoms with van der Waals surface area (Å²) in [5, 5.41) is 9.69. The predicted octanol–water partition coefficient (Wildman–Crippen LogP) is 1.67. The number of rotatable bonds is 4. The van der Waals surface area contributed by atoms with Gasteiger partial charge < -0.3 is 15.7 Å². The van der Waals surface area contributed by atoms with Crippen LogP contribution >= 0.6 is 12.2 Å². The fourth-order valence-corrected chi connectivity index (χ4v) is 1.78. The Kier molecular flexibility index (Phi) is 4.06. The van der Waals surface area contributed by atoms with E-state index in [1.54, 1.807) is 37.9 Å². The number of benzene rings is 1. The molecule has 0 aliphatic rings. The second kappa shape index (κ2) is 4.98. The lowest BCUT2D eigenvalue weighted by molar-refractivity contribution is 0.0886. The Balaban J connectivity index is 2.94. The maximum atomic E-state index is 13.6. The maximum Gasteiger partial charge on any atom is 0.135 e. The van der Waals surface area contributed by atoms with Gasteiger partial charge in [-0.3, -0.25) is 0 Å². The van der Waals surface area contributed by atoms with Gasteiger partial charge in [0.2, 0.25) is 0 Å². The molecule has 1 aromatic rings. The third-order valence-corrected chi connectivity index (χ3v) is 2.50. The van der Waals surface area contributed by atoms with Gasteiger partial charge >= 0.3 is 0 Å². The van der Waals surface area contributed by atoms with Gasteiger partial charge in [-0.05, 0) is 32.0 Å². The van der Waals surface area contributed by atoms with Gasteiger partial charge in [-0.25, -0.2) is 4.39 Å². The summed E-state index contributed by atoms with van der Waals surface area (Å²) in [5.41, 5.74) is 5.45. The number of likely N-dealkylation sites (N-methyl/N-ethyl adjacent to an activating group) is 1. The van der Waals surface area contributed by atoms with Crippen molar-refractivity contribution in [3.63, 3.8) is 0 Å². The molecule has 1 rings (SSSR count). The molecule has 1 aromatic carbocycles. The number of hydrogen-bond donors (Lipinski definition) is 2. The van der Waals surface area contributed by atoms with Gasteiger partial charge in [-0.2, -0.15) is 0 Å². The van der Waals surface area contributed by atoms with Gasteiger partial charge in [0.05, 0.1) is 5.60 Å². The molecule has 0 heterocycles. The van der Waals surface area contributed by atoms with Crippen LogP contribution in [0.25, 0.3) is 0 Å². The molecule has 0 atom stereocenters. The topological polar surface area (TPSA) is 49.5 Å². The van der Waals surface area contributed by atoms with E-state index in [4.69, 9.17) is 18.0 Å². The van der Waals surface area contributed by atoms with Gasteiger partial charge in [0.1, 0.15) is 10.8 Å². The number of thiocarbonyl (C=S) groups is 1. The smallest absolute Gasteiger partial charge is 0.135 e. The fourth-order valence-electron chi connectivity index (χ4n) is 1.61. The molecule has 0 aromatic heterocycles. The van der Waals surface area contributed by atoms with Gasteiger partial charge in [0.15, 0.2) is 0 Å². The molecular weight excluding hydrogens is 239 g/mol. The summed E-state index contributed by atoms with van der Waals surface area (Å²) >= 11 is 4.73. The first kappa shape index (κ1) is 13.9. The average molecular weight is 256 g/mol. The molecule has 0 spiro atoms. The van der Waals surface area contributed by atoms with E-state index < -0.39 is 11.4 Å². The molecule has 0 fully saturated rings. The lowest BCUT2D eigenvalue weighted by atomic mass is 10.1. The van der Waals surface area contributed by atoms with Crippen molar-refractivity contribution in [1.82, 2.24) is 0 Å². The number of halogens is 1. The van der Waals surface area contributed by atoms with Crippen LogP contribution in [-0.4, -0.2) is 29.3 Å². The highest BCUT2D eigenvalue weighted by atomic mass is 32.1. The molecule has 3 nitrogen and oxygen atoms in total. The van der Waals surface area contributed by atoms with Crippen LogP contribution < -0.4 is 10.6 Å².